The summed E-state index contributed by atoms with van der Waals surface area (Å²) in [5.74, 6) is 1.53. The number of fused-ring (bicyclic) bond motifs is 2. The summed E-state index contributed by atoms with van der Waals surface area (Å²) in [4.78, 5) is 14.8. The van der Waals surface area contributed by atoms with Gasteiger partial charge in [0.2, 0.25) is 5.91 Å². The molecule has 128 valence electrons. The van der Waals surface area contributed by atoms with Crippen molar-refractivity contribution in [3.8, 4) is 0 Å². The number of anilines is 1. The maximum atomic E-state index is 12.9. The Bertz CT molecular complexity index is 560. The lowest BCUT2D eigenvalue weighted by molar-refractivity contribution is -0.124. The maximum absolute atomic E-state index is 12.9. The number of halogens is 1. The van der Waals surface area contributed by atoms with Crippen molar-refractivity contribution in [2.75, 3.05) is 11.9 Å². The van der Waals surface area contributed by atoms with Gasteiger partial charge in [-0.1, -0.05) is 12.5 Å². The highest BCUT2D eigenvalue weighted by atomic mass is 35.5. The standard InChI is InChI=1S/C19H28N2O.ClH/c1-12-7-8-17(9-13(12)2)21(3)19(22)16-10-14-5-4-6-15(11-16)18(14)20;/h7-9,14-16,18H,4-6,10-11,20H2,1-3H3;1H. The van der Waals surface area contributed by atoms with Gasteiger partial charge in [0.1, 0.15) is 0 Å². The van der Waals surface area contributed by atoms with E-state index in [0.29, 0.717) is 17.9 Å². The van der Waals surface area contributed by atoms with E-state index in [-0.39, 0.29) is 24.2 Å². The van der Waals surface area contributed by atoms with Crippen molar-refractivity contribution >= 4 is 24.0 Å². The Morgan fingerprint density at radius 2 is 1.74 bits per heavy atom. The first-order valence-electron chi connectivity index (χ1n) is 8.57. The highest BCUT2D eigenvalue weighted by molar-refractivity contribution is 5.94. The summed E-state index contributed by atoms with van der Waals surface area (Å²) in [5, 5.41) is 0. The van der Waals surface area contributed by atoms with Gasteiger partial charge in [-0.2, -0.15) is 0 Å². The number of carbonyl (C=O) groups is 1. The van der Waals surface area contributed by atoms with Crippen LogP contribution in [0, 0.1) is 31.6 Å². The van der Waals surface area contributed by atoms with Crippen LogP contribution in [0.25, 0.3) is 0 Å². The third-order valence-electron chi connectivity index (χ3n) is 5.97. The molecular formula is C19H29ClN2O. The molecule has 3 nitrogen and oxygen atoms in total. The fraction of sp³-hybridized carbons (Fsp3) is 0.632. The minimum absolute atomic E-state index is 0. The second kappa shape index (κ2) is 7.23. The van der Waals surface area contributed by atoms with Crippen molar-refractivity contribution in [2.24, 2.45) is 23.5 Å². The number of amides is 1. The van der Waals surface area contributed by atoms with Crippen LogP contribution in [0.15, 0.2) is 18.2 Å². The van der Waals surface area contributed by atoms with Gasteiger partial charge in [-0.3, -0.25) is 4.79 Å². The van der Waals surface area contributed by atoms with E-state index in [1.807, 2.05) is 11.9 Å². The first-order valence-corrected chi connectivity index (χ1v) is 8.57. The van der Waals surface area contributed by atoms with Crippen LogP contribution < -0.4 is 10.6 Å². The van der Waals surface area contributed by atoms with Gasteiger partial charge < -0.3 is 10.6 Å². The van der Waals surface area contributed by atoms with E-state index in [2.05, 4.69) is 32.0 Å². The number of nitrogens with zero attached hydrogens (tertiary/aromatic N) is 1. The van der Waals surface area contributed by atoms with Crippen LogP contribution in [-0.2, 0) is 4.79 Å². The average Bonchev–Trinajstić information content (AvgIpc) is 2.48. The maximum Gasteiger partial charge on any atom is 0.229 e. The fourth-order valence-electron chi connectivity index (χ4n) is 4.33. The molecule has 2 N–H and O–H groups in total. The zero-order chi connectivity index (χ0) is 15.9. The van der Waals surface area contributed by atoms with Crippen molar-refractivity contribution < 1.29 is 4.79 Å². The summed E-state index contributed by atoms with van der Waals surface area (Å²) in [7, 11) is 1.91. The van der Waals surface area contributed by atoms with Crippen molar-refractivity contribution in [3.05, 3.63) is 29.3 Å². The molecule has 0 heterocycles. The largest absolute Gasteiger partial charge is 0.327 e. The summed E-state index contributed by atoms with van der Waals surface area (Å²) in [6.45, 7) is 4.20. The van der Waals surface area contributed by atoms with E-state index in [4.69, 9.17) is 5.73 Å². The molecule has 1 amide bonds. The molecule has 3 rings (SSSR count). The summed E-state index contributed by atoms with van der Waals surface area (Å²) >= 11 is 0. The molecule has 2 aliphatic carbocycles. The highest BCUT2D eigenvalue weighted by Gasteiger charge is 2.41. The van der Waals surface area contributed by atoms with Crippen LogP contribution >= 0.6 is 12.4 Å². The van der Waals surface area contributed by atoms with Crippen LogP contribution in [0.2, 0.25) is 0 Å². The molecule has 0 radical (unpaired) electrons. The van der Waals surface area contributed by atoms with Crippen LogP contribution in [0.3, 0.4) is 0 Å². The SMILES string of the molecule is Cc1ccc(N(C)C(=O)C2CC3CCCC(C2)C3N)cc1C.Cl. The lowest BCUT2D eigenvalue weighted by Gasteiger charge is -2.44. The molecule has 2 aliphatic rings. The summed E-state index contributed by atoms with van der Waals surface area (Å²) in [6.07, 6.45) is 5.65. The van der Waals surface area contributed by atoms with Gasteiger partial charge in [0, 0.05) is 24.7 Å². The lowest BCUT2D eigenvalue weighted by Crippen LogP contribution is -2.49. The van der Waals surface area contributed by atoms with Gasteiger partial charge in [0.25, 0.3) is 0 Å². The molecule has 0 saturated heterocycles. The predicted molar refractivity (Wildman–Crippen MR) is 98.1 cm³/mol. The number of benzene rings is 1. The molecule has 4 heteroatoms. The van der Waals surface area contributed by atoms with E-state index >= 15 is 0 Å². The second-order valence-electron chi connectivity index (χ2n) is 7.36. The van der Waals surface area contributed by atoms with E-state index < -0.39 is 0 Å². The Hall–Kier alpha value is -1.06. The molecular weight excluding hydrogens is 308 g/mol. The fourth-order valence-corrected chi connectivity index (χ4v) is 4.33. The lowest BCUT2D eigenvalue weighted by atomic mass is 9.65. The average molecular weight is 337 g/mol. The van der Waals surface area contributed by atoms with E-state index in [0.717, 1.165) is 18.5 Å². The predicted octanol–water partition coefficient (Wildman–Crippen LogP) is 3.84. The van der Waals surface area contributed by atoms with Crippen LogP contribution in [0.5, 0.6) is 0 Å². The minimum atomic E-state index is 0. The Labute approximate surface area is 146 Å². The molecule has 2 fully saturated rings. The molecule has 1 aromatic rings. The topological polar surface area (TPSA) is 46.3 Å². The van der Waals surface area contributed by atoms with Crippen molar-refractivity contribution in [1.82, 2.24) is 0 Å². The Kier molecular flexibility index (Phi) is 5.74. The first kappa shape index (κ1) is 18.3. The first-order chi connectivity index (χ1) is 10.5. The molecule has 2 saturated carbocycles. The molecule has 0 spiro atoms. The van der Waals surface area contributed by atoms with Gasteiger partial charge in [-0.25, -0.2) is 0 Å². The molecule has 2 bridgehead atoms. The quantitative estimate of drug-likeness (QED) is 0.891. The van der Waals surface area contributed by atoms with Crippen LogP contribution in [0.4, 0.5) is 5.69 Å². The van der Waals surface area contributed by atoms with E-state index in [1.165, 1.54) is 30.4 Å². The number of carbonyl (C=O) groups excluding carboxylic acids is 1. The van der Waals surface area contributed by atoms with Gasteiger partial charge in [0.05, 0.1) is 0 Å². The molecule has 2 unspecified atom stereocenters. The highest BCUT2D eigenvalue weighted by Crippen LogP contribution is 2.42. The van der Waals surface area contributed by atoms with Crippen LogP contribution in [0.1, 0.15) is 43.2 Å². The second-order valence-corrected chi connectivity index (χ2v) is 7.36. The minimum Gasteiger partial charge on any atom is -0.327 e. The van der Waals surface area contributed by atoms with E-state index in [1.54, 1.807) is 0 Å². The summed E-state index contributed by atoms with van der Waals surface area (Å²) in [6, 6.07) is 6.59. The van der Waals surface area contributed by atoms with E-state index in [9.17, 15) is 4.79 Å². The normalized spacial score (nSPS) is 29.6. The number of hydrogen-bond acceptors (Lipinski definition) is 2. The molecule has 1 aromatic carbocycles. The third kappa shape index (κ3) is 3.56. The summed E-state index contributed by atoms with van der Waals surface area (Å²) in [5.41, 5.74) is 9.86. The van der Waals surface area contributed by atoms with Gasteiger partial charge in [-0.15, -0.1) is 12.4 Å². The molecule has 0 aromatic heterocycles. The summed E-state index contributed by atoms with van der Waals surface area (Å²) < 4.78 is 0. The number of aryl methyl sites for hydroxylation is 2. The van der Waals surface area contributed by atoms with Crippen molar-refractivity contribution in [1.29, 1.82) is 0 Å². The van der Waals surface area contributed by atoms with Gasteiger partial charge >= 0.3 is 0 Å². The van der Waals surface area contributed by atoms with Gasteiger partial charge in [0.15, 0.2) is 0 Å². The molecule has 0 aliphatic heterocycles. The van der Waals surface area contributed by atoms with Crippen molar-refractivity contribution in [3.63, 3.8) is 0 Å². The van der Waals surface area contributed by atoms with Gasteiger partial charge in [-0.05, 0) is 74.6 Å². The Balaban J connectivity index is 0.00000192. The Morgan fingerprint density at radius 3 is 2.30 bits per heavy atom. The number of rotatable bonds is 2. The van der Waals surface area contributed by atoms with Crippen molar-refractivity contribution in [2.45, 2.75) is 52.0 Å². The number of nitrogens with two attached hydrogens (primary N) is 1. The third-order valence-corrected chi connectivity index (χ3v) is 5.97. The smallest absolute Gasteiger partial charge is 0.229 e. The Morgan fingerprint density at radius 1 is 1.13 bits per heavy atom. The monoisotopic (exact) mass is 336 g/mol. The number of hydrogen-bond donors (Lipinski definition) is 1. The molecule has 23 heavy (non-hydrogen) atoms. The molecule has 2 atom stereocenters. The van der Waals surface area contributed by atoms with Crippen LogP contribution in [-0.4, -0.2) is 19.0 Å². The zero-order valence-electron chi connectivity index (χ0n) is 14.4. The zero-order valence-corrected chi connectivity index (χ0v) is 15.2.